The predicted octanol–water partition coefficient (Wildman–Crippen LogP) is -1.16. The van der Waals surface area contributed by atoms with Crippen molar-refractivity contribution in [2.75, 3.05) is 19.6 Å². The van der Waals surface area contributed by atoms with E-state index in [2.05, 4.69) is 36.7 Å². The Labute approximate surface area is 114 Å². The molecule has 0 aliphatic carbocycles. The highest BCUT2D eigenvalue weighted by Gasteiger charge is 1.99. The third kappa shape index (κ3) is 4.66. The number of aromatic amines is 1. The molecule has 104 valence electrons. The zero-order chi connectivity index (χ0) is 14.3. The van der Waals surface area contributed by atoms with Crippen LogP contribution in [0.1, 0.15) is 20.8 Å². The van der Waals surface area contributed by atoms with E-state index in [4.69, 9.17) is 0 Å². The van der Waals surface area contributed by atoms with Crippen molar-refractivity contribution < 1.29 is 10.0 Å². The normalized spacial score (nSPS) is 10.1. The molecule has 0 fully saturated rings. The van der Waals surface area contributed by atoms with Gasteiger partial charge in [0.05, 0.1) is 24.1 Å². The van der Waals surface area contributed by atoms with Gasteiger partial charge in [-0.25, -0.2) is 4.79 Å². The number of nitrogens with zero attached hydrogens (tertiary/aromatic N) is 1. The average molecular weight is 322 g/mol. The molecule has 0 unspecified atom stereocenters. The Morgan fingerprint density at radius 2 is 1.67 bits per heavy atom. The van der Waals surface area contributed by atoms with Crippen molar-refractivity contribution in [1.29, 1.82) is 0 Å². The van der Waals surface area contributed by atoms with Crippen molar-refractivity contribution in [3.8, 4) is 5.88 Å². The lowest BCUT2D eigenvalue weighted by atomic mass is 10.5. The largest absolute Gasteiger partial charge is 0.859 e. The van der Waals surface area contributed by atoms with Gasteiger partial charge in [0.1, 0.15) is 0 Å². The van der Waals surface area contributed by atoms with Gasteiger partial charge in [0.25, 0.3) is 5.56 Å². The molecule has 7 heteroatoms. The van der Waals surface area contributed by atoms with Crippen molar-refractivity contribution in [3.05, 3.63) is 25.3 Å². The van der Waals surface area contributed by atoms with Crippen molar-refractivity contribution >= 4 is 15.9 Å². The standard InChI is InChI=1S/C6H15N.C5H5BrN2O3/c1-4-7(5-2)6-3;1-8-4(10)2(6)3(9)7-5(8)11/h4-6H2,1-3H3;10H,1H3,(H,7,9,11). The van der Waals surface area contributed by atoms with Crippen LogP contribution in [0.5, 0.6) is 5.88 Å². The van der Waals surface area contributed by atoms with Crippen LogP contribution in [0.25, 0.3) is 0 Å². The number of aromatic nitrogens is 2. The van der Waals surface area contributed by atoms with Gasteiger partial charge < -0.3 is 14.6 Å². The van der Waals surface area contributed by atoms with E-state index in [1.807, 2.05) is 4.98 Å². The number of hydrogen-bond acceptors (Lipinski definition) is 3. The summed E-state index contributed by atoms with van der Waals surface area (Å²) in [5.74, 6) is -0.626. The van der Waals surface area contributed by atoms with Gasteiger partial charge in [0, 0.05) is 7.05 Å². The molecule has 1 heterocycles. The summed E-state index contributed by atoms with van der Waals surface area (Å²) in [7, 11) is 1.28. The quantitative estimate of drug-likeness (QED) is 0.737. The molecule has 0 radical (unpaired) electrons. The summed E-state index contributed by atoms with van der Waals surface area (Å²) in [4.78, 5) is 25.0. The van der Waals surface area contributed by atoms with Crippen molar-refractivity contribution in [2.24, 2.45) is 7.05 Å². The maximum atomic E-state index is 10.9. The van der Waals surface area contributed by atoms with Crippen LogP contribution in [0.2, 0.25) is 0 Å². The fraction of sp³-hybridized carbons (Fsp3) is 0.636. The van der Waals surface area contributed by atoms with Crippen LogP contribution in [-0.2, 0) is 7.05 Å². The van der Waals surface area contributed by atoms with E-state index < -0.39 is 17.1 Å². The van der Waals surface area contributed by atoms with E-state index in [-0.39, 0.29) is 4.47 Å². The second kappa shape index (κ2) is 8.10. The molecule has 2 N–H and O–H groups in total. The van der Waals surface area contributed by atoms with E-state index >= 15 is 0 Å². The van der Waals surface area contributed by atoms with Crippen LogP contribution in [-0.4, -0.2) is 29.2 Å². The maximum Gasteiger partial charge on any atom is 0.327 e. The first kappa shape index (κ1) is 16.9. The van der Waals surface area contributed by atoms with Gasteiger partial charge in [0.2, 0.25) is 0 Å². The lowest BCUT2D eigenvalue weighted by molar-refractivity contribution is -0.894. The highest BCUT2D eigenvalue weighted by atomic mass is 79.9. The van der Waals surface area contributed by atoms with Crippen molar-refractivity contribution in [1.82, 2.24) is 9.55 Å². The average Bonchev–Trinajstić information content (AvgIpc) is 2.37. The minimum atomic E-state index is -0.705. The Balaban J connectivity index is 0.000000360. The number of H-pyrrole nitrogens is 1. The Hall–Kier alpha value is -1.08. The fourth-order valence-electron chi connectivity index (χ4n) is 1.32. The van der Waals surface area contributed by atoms with E-state index in [0.717, 1.165) is 4.57 Å². The lowest BCUT2D eigenvalue weighted by Gasteiger charge is -2.11. The van der Waals surface area contributed by atoms with Crippen molar-refractivity contribution in [2.45, 2.75) is 20.8 Å². The molecule has 0 spiro atoms. The first-order valence-electron chi connectivity index (χ1n) is 5.88. The highest BCUT2D eigenvalue weighted by Crippen LogP contribution is 2.10. The molecular formula is C11H20BrN3O3. The first-order chi connectivity index (χ1) is 8.38. The summed E-state index contributed by atoms with van der Waals surface area (Å²) in [6.07, 6.45) is 0. The maximum absolute atomic E-state index is 10.9. The van der Waals surface area contributed by atoms with Crippen LogP contribution in [0.15, 0.2) is 14.1 Å². The van der Waals surface area contributed by atoms with Gasteiger partial charge in [-0.05, 0) is 42.6 Å². The molecule has 0 aliphatic heterocycles. The van der Waals surface area contributed by atoms with Crippen LogP contribution in [0, 0.1) is 0 Å². The topological polar surface area (TPSA) is 82.4 Å². The number of quaternary nitrogens is 1. The third-order valence-electron chi connectivity index (χ3n) is 2.72. The molecule has 0 saturated carbocycles. The Morgan fingerprint density at radius 3 is 2.00 bits per heavy atom. The van der Waals surface area contributed by atoms with E-state index in [1.54, 1.807) is 4.90 Å². The van der Waals surface area contributed by atoms with Crippen LogP contribution < -0.4 is 21.3 Å². The minimum absolute atomic E-state index is 0.153. The van der Waals surface area contributed by atoms with E-state index in [0.29, 0.717) is 0 Å². The van der Waals surface area contributed by atoms with Gasteiger partial charge in [-0.2, -0.15) is 0 Å². The summed E-state index contributed by atoms with van der Waals surface area (Å²) in [5.41, 5.74) is -1.40. The van der Waals surface area contributed by atoms with Gasteiger partial charge in [-0.1, -0.05) is 0 Å². The summed E-state index contributed by atoms with van der Waals surface area (Å²) < 4.78 is 0.658. The van der Waals surface area contributed by atoms with E-state index in [1.165, 1.54) is 26.7 Å². The lowest BCUT2D eigenvalue weighted by Crippen LogP contribution is -3.11. The zero-order valence-electron chi connectivity index (χ0n) is 11.2. The molecule has 0 bridgehead atoms. The summed E-state index contributed by atoms with van der Waals surface area (Å²) in [6.45, 7) is 10.5. The molecular weight excluding hydrogens is 302 g/mol. The molecule has 0 saturated heterocycles. The molecule has 6 nitrogen and oxygen atoms in total. The zero-order valence-corrected chi connectivity index (χ0v) is 12.8. The fourth-order valence-corrected chi connectivity index (χ4v) is 1.69. The van der Waals surface area contributed by atoms with Gasteiger partial charge >= 0.3 is 5.69 Å². The molecule has 0 atom stereocenters. The molecule has 1 aromatic heterocycles. The Morgan fingerprint density at radius 1 is 1.22 bits per heavy atom. The molecule has 18 heavy (non-hydrogen) atoms. The van der Waals surface area contributed by atoms with Gasteiger partial charge in [-0.3, -0.25) is 9.78 Å². The minimum Gasteiger partial charge on any atom is -0.859 e. The SMILES string of the molecule is CC[NH+](CC)CC.Cn1c([O-])c(Br)c(=O)[nH]c1=O. The molecule has 0 aromatic carbocycles. The Kier molecular flexibility index (Phi) is 7.61. The number of halogens is 1. The van der Waals surface area contributed by atoms with Crippen LogP contribution in [0.4, 0.5) is 0 Å². The van der Waals surface area contributed by atoms with E-state index in [9.17, 15) is 14.7 Å². The third-order valence-corrected chi connectivity index (χ3v) is 3.42. The first-order valence-corrected chi connectivity index (χ1v) is 6.67. The monoisotopic (exact) mass is 321 g/mol. The van der Waals surface area contributed by atoms with Gasteiger partial charge in [0.15, 0.2) is 0 Å². The molecule has 1 rings (SSSR count). The predicted molar refractivity (Wildman–Crippen MR) is 72.0 cm³/mol. The second-order valence-corrected chi connectivity index (χ2v) is 4.54. The smallest absolute Gasteiger partial charge is 0.327 e. The number of hydrogen-bond donors (Lipinski definition) is 2. The van der Waals surface area contributed by atoms with Gasteiger partial charge in [-0.15, -0.1) is 0 Å². The summed E-state index contributed by atoms with van der Waals surface area (Å²) in [5, 5.41) is 10.9. The van der Waals surface area contributed by atoms with Crippen LogP contribution in [0.3, 0.4) is 0 Å². The van der Waals surface area contributed by atoms with Crippen LogP contribution >= 0.6 is 15.9 Å². The summed E-state index contributed by atoms with van der Waals surface area (Å²) >= 11 is 2.75. The highest BCUT2D eigenvalue weighted by molar-refractivity contribution is 9.10. The molecule has 1 aromatic rings. The second-order valence-electron chi connectivity index (χ2n) is 3.75. The molecule has 0 amide bonds. The number of nitrogens with one attached hydrogen (secondary N) is 2. The Bertz CT molecular complexity index is 438. The molecule has 0 aliphatic rings. The van der Waals surface area contributed by atoms with Crippen molar-refractivity contribution in [3.63, 3.8) is 0 Å². The summed E-state index contributed by atoms with van der Waals surface area (Å²) in [6, 6.07) is 0. The number of rotatable bonds is 3.